The van der Waals surface area contributed by atoms with E-state index in [2.05, 4.69) is 5.32 Å². The molecule has 7 nitrogen and oxygen atoms in total. The Kier molecular flexibility index (Phi) is 5.48. The Labute approximate surface area is 158 Å². The molecule has 8 heteroatoms. The number of rotatable bonds is 4. The number of carbonyl (C=O) groups excluding carboxylic acids is 1. The fourth-order valence-corrected chi connectivity index (χ4v) is 4.84. The standard InChI is InChI=1S/C19H22N2O5S/c1-13-11-17(22)26-14(2)18(13)19(23)20-15-7-6-8-16(12-15)27(24,25)21-9-4-3-5-10-21/h6-8,11-12H,3-5,9-10H2,1-2H3,(H,20,23). The zero-order valence-electron chi connectivity index (χ0n) is 15.3. The smallest absolute Gasteiger partial charge is 0.336 e. The maximum atomic E-state index is 12.8. The van der Waals surface area contributed by atoms with Crippen LogP contribution in [0.4, 0.5) is 5.69 Å². The van der Waals surface area contributed by atoms with Crippen LogP contribution in [0, 0.1) is 13.8 Å². The summed E-state index contributed by atoms with van der Waals surface area (Å²) in [6, 6.07) is 7.44. The highest BCUT2D eigenvalue weighted by atomic mass is 32.2. The Balaban J connectivity index is 1.86. The van der Waals surface area contributed by atoms with Gasteiger partial charge in [0.2, 0.25) is 10.0 Å². The fourth-order valence-electron chi connectivity index (χ4n) is 3.28. The first-order valence-corrected chi connectivity index (χ1v) is 10.3. The van der Waals surface area contributed by atoms with Crippen molar-refractivity contribution in [1.29, 1.82) is 0 Å². The molecule has 1 N–H and O–H groups in total. The summed E-state index contributed by atoms with van der Waals surface area (Å²) in [6.07, 6.45) is 2.74. The number of nitrogens with zero attached hydrogens (tertiary/aromatic N) is 1. The Bertz CT molecular complexity index is 994. The summed E-state index contributed by atoms with van der Waals surface area (Å²) in [4.78, 5) is 24.1. The number of piperidine rings is 1. The number of sulfonamides is 1. The second-order valence-electron chi connectivity index (χ2n) is 6.63. The predicted octanol–water partition coefficient (Wildman–Crippen LogP) is 2.68. The molecule has 0 radical (unpaired) electrons. The van der Waals surface area contributed by atoms with Crippen molar-refractivity contribution in [2.75, 3.05) is 18.4 Å². The highest BCUT2D eigenvalue weighted by molar-refractivity contribution is 7.89. The minimum Gasteiger partial charge on any atom is -0.427 e. The molecule has 1 amide bonds. The number of carbonyl (C=O) groups is 1. The van der Waals surface area contributed by atoms with E-state index in [-0.39, 0.29) is 16.2 Å². The van der Waals surface area contributed by atoms with Crippen LogP contribution >= 0.6 is 0 Å². The molecule has 144 valence electrons. The van der Waals surface area contributed by atoms with Crippen LogP contribution < -0.4 is 10.9 Å². The highest BCUT2D eigenvalue weighted by Crippen LogP contribution is 2.23. The van der Waals surface area contributed by atoms with E-state index < -0.39 is 21.6 Å². The fraction of sp³-hybridized carbons (Fsp3) is 0.368. The minimum absolute atomic E-state index is 0.148. The van der Waals surface area contributed by atoms with Gasteiger partial charge in [0, 0.05) is 24.8 Å². The van der Waals surface area contributed by atoms with E-state index in [1.807, 2.05) is 0 Å². The van der Waals surface area contributed by atoms with Gasteiger partial charge in [0.15, 0.2) is 0 Å². The first kappa shape index (κ1) is 19.3. The molecule has 1 aliphatic rings. The predicted molar refractivity (Wildman–Crippen MR) is 101 cm³/mol. The Morgan fingerprint density at radius 3 is 2.48 bits per heavy atom. The van der Waals surface area contributed by atoms with Gasteiger partial charge in [0.25, 0.3) is 5.91 Å². The summed E-state index contributed by atoms with van der Waals surface area (Å²) in [5.74, 6) is -0.240. The van der Waals surface area contributed by atoms with Crippen molar-refractivity contribution in [2.24, 2.45) is 0 Å². The van der Waals surface area contributed by atoms with Gasteiger partial charge in [-0.25, -0.2) is 13.2 Å². The van der Waals surface area contributed by atoms with Crippen LogP contribution in [0.5, 0.6) is 0 Å². The van der Waals surface area contributed by atoms with Crippen molar-refractivity contribution in [3.8, 4) is 0 Å². The summed E-state index contributed by atoms with van der Waals surface area (Å²) < 4.78 is 32.1. The first-order chi connectivity index (χ1) is 12.8. The normalized spacial score (nSPS) is 15.5. The molecule has 0 aliphatic carbocycles. The molecule has 1 aromatic carbocycles. The van der Waals surface area contributed by atoms with Gasteiger partial charge in [0.05, 0.1) is 10.5 Å². The van der Waals surface area contributed by atoms with Gasteiger partial charge in [-0.3, -0.25) is 4.79 Å². The first-order valence-electron chi connectivity index (χ1n) is 8.82. The maximum Gasteiger partial charge on any atom is 0.336 e. The van der Waals surface area contributed by atoms with Crippen LogP contribution in [-0.2, 0) is 10.0 Å². The third-order valence-electron chi connectivity index (χ3n) is 4.61. The van der Waals surface area contributed by atoms with Crippen molar-refractivity contribution in [3.05, 3.63) is 57.6 Å². The molecule has 0 spiro atoms. The number of amides is 1. The van der Waals surface area contributed by atoms with Crippen LogP contribution in [0.1, 0.15) is 40.9 Å². The van der Waals surface area contributed by atoms with Gasteiger partial charge in [-0.1, -0.05) is 12.5 Å². The average Bonchev–Trinajstić information content (AvgIpc) is 2.62. The summed E-state index contributed by atoms with van der Waals surface area (Å²) in [5, 5.41) is 2.69. The van der Waals surface area contributed by atoms with E-state index in [1.165, 1.54) is 22.5 Å². The van der Waals surface area contributed by atoms with E-state index in [9.17, 15) is 18.0 Å². The number of nitrogens with one attached hydrogen (secondary N) is 1. The summed E-state index contributed by atoms with van der Waals surface area (Å²) >= 11 is 0. The van der Waals surface area contributed by atoms with E-state index in [4.69, 9.17) is 4.42 Å². The topological polar surface area (TPSA) is 96.7 Å². The van der Waals surface area contributed by atoms with E-state index >= 15 is 0 Å². The van der Waals surface area contributed by atoms with Crippen molar-refractivity contribution in [2.45, 2.75) is 38.0 Å². The quantitative estimate of drug-likeness (QED) is 0.866. The van der Waals surface area contributed by atoms with E-state index in [1.54, 1.807) is 26.0 Å². The molecular weight excluding hydrogens is 368 g/mol. The highest BCUT2D eigenvalue weighted by Gasteiger charge is 2.26. The van der Waals surface area contributed by atoms with Crippen molar-refractivity contribution < 1.29 is 17.6 Å². The third-order valence-corrected chi connectivity index (χ3v) is 6.50. The van der Waals surface area contributed by atoms with Crippen LogP contribution in [0.3, 0.4) is 0 Å². The lowest BCUT2D eigenvalue weighted by molar-refractivity contribution is 0.102. The Hall–Kier alpha value is -2.45. The summed E-state index contributed by atoms with van der Waals surface area (Å²) in [7, 11) is -3.58. The number of hydrogen-bond acceptors (Lipinski definition) is 5. The summed E-state index contributed by atoms with van der Waals surface area (Å²) in [5.41, 5.74) is 0.608. The minimum atomic E-state index is -3.58. The van der Waals surface area contributed by atoms with Crippen LogP contribution in [0.15, 0.2) is 44.4 Å². The monoisotopic (exact) mass is 390 g/mol. The van der Waals surface area contributed by atoms with E-state index in [0.29, 0.717) is 24.3 Å². The molecule has 2 aromatic rings. The van der Waals surface area contributed by atoms with Crippen LogP contribution in [0.2, 0.25) is 0 Å². The lowest BCUT2D eigenvalue weighted by Crippen LogP contribution is -2.35. The molecule has 1 saturated heterocycles. The molecule has 0 unspecified atom stereocenters. The molecule has 1 fully saturated rings. The zero-order valence-corrected chi connectivity index (χ0v) is 16.1. The Morgan fingerprint density at radius 1 is 1.11 bits per heavy atom. The number of hydrogen-bond donors (Lipinski definition) is 1. The van der Waals surface area contributed by atoms with E-state index in [0.717, 1.165) is 19.3 Å². The molecule has 0 atom stereocenters. The van der Waals surface area contributed by atoms with Gasteiger partial charge < -0.3 is 9.73 Å². The zero-order chi connectivity index (χ0) is 19.6. The number of benzene rings is 1. The van der Waals surface area contributed by atoms with Gasteiger partial charge in [0.1, 0.15) is 5.76 Å². The van der Waals surface area contributed by atoms with Gasteiger partial charge in [-0.15, -0.1) is 0 Å². The van der Waals surface area contributed by atoms with Crippen molar-refractivity contribution >= 4 is 21.6 Å². The van der Waals surface area contributed by atoms with Crippen LogP contribution in [-0.4, -0.2) is 31.7 Å². The molecule has 3 rings (SSSR count). The maximum absolute atomic E-state index is 12.8. The largest absolute Gasteiger partial charge is 0.427 e. The number of aryl methyl sites for hydroxylation is 2. The molecule has 0 bridgehead atoms. The Morgan fingerprint density at radius 2 is 1.81 bits per heavy atom. The molecule has 27 heavy (non-hydrogen) atoms. The SMILES string of the molecule is Cc1cc(=O)oc(C)c1C(=O)Nc1cccc(S(=O)(=O)N2CCCCC2)c1. The molecular formula is C19H22N2O5S. The average molecular weight is 390 g/mol. The van der Waals surface area contributed by atoms with Gasteiger partial charge in [-0.05, 0) is 50.5 Å². The second kappa shape index (κ2) is 7.66. The van der Waals surface area contributed by atoms with Crippen molar-refractivity contribution in [3.63, 3.8) is 0 Å². The molecule has 2 heterocycles. The number of anilines is 1. The van der Waals surface area contributed by atoms with Gasteiger partial charge in [-0.2, -0.15) is 4.31 Å². The summed E-state index contributed by atoms with van der Waals surface area (Å²) in [6.45, 7) is 4.22. The lowest BCUT2D eigenvalue weighted by Gasteiger charge is -2.26. The van der Waals surface area contributed by atoms with Gasteiger partial charge >= 0.3 is 5.63 Å². The molecule has 0 saturated carbocycles. The van der Waals surface area contributed by atoms with Crippen molar-refractivity contribution in [1.82, 2.24) is 4.31 Å². The third kappa shape index (κ3) is 4.12. The lowest BCUT2D eigenvalue weighted by atomic mass is 10.1. The second-order valence-corrected chi connectivity index (χ2v) is 8.56. The molecule has 1 aromatic heterocycles. The van der Waals surface area contributed by atoms with Crippen LogP contribution in [0.25, 0.3) is 0 Å². The molecule has 1 aliphatic heterocycles.